The zero-order valence-electron chi connectivity index (χ0n) is 10.1. The Bertz CT molecular complexity index is 418. The van der Waals surface area contributed by atoms with Crippen molar-refractivity contribution in [3.63, 3.8) is 0 Å². The molecule has 0 bridgehead atoms. The molecule has 1 aromatic rings. The summed E-state index contributed by atoms with van der Waals surface area (Å²) in [5, 5.41) is 1.88. The van der Waals surface area contributed by atoms with Gasteiger partial charge >= 0.3 is 0 Å². The highest BCUT2D eigenvalue weighted by Gasteiger charge is 2.33. The van der Waals surface area contributed by atoms with Crippen LogP contribution in [0.5, 0.6) is 0 Å². The van der Waals surface area contributed by atoms with E-state index < -0.39 is 0 Å². The van der Waals surface area contributed by atoms with Gasteiger partial charge in [-0.2, -0.15) is 0 Å². The molecule has 1 aliphatic rings. The minimum atomic E-state index is -0.199. The van der Waals surface area contributed by atoms with Crippen molar-refractivity contribution in [3.8, 4) is 0 Å². The van der Waals surface area contributed by atoms with Crippen LogP contribution in [0.3, 0.4) is 0 Å². The van der Waals surface area contributed by atoms with Crippen molar-refractivity contribution in [1.29, 1.82) is 0 Å². The van der Waals surface area contributed by atoms with Gasteiger partial charge in [0.25, 0.3) is 5.91 Å². The Morgan fingerprint density at radius 2 is 2.41 bits per heavy atom. The van der Waals surface area contributed by atoms with E-state index in [1.165, 1.54) is 11.3 Å². The summed E-state index contributed by atoms with van der Waals surface area (Å²) in [6.07, 6.45) is 2.00. The number of amides is 1. The number of thiol groups is 1. The minimum absolute atomic E-state index is 0.0956. The number of rotatable bonds is 2. The van der Waals surface area contributed by atoms with E-state index in [0.29, 0.717) is 6.54 Å². The molecule has 2 heterocycles. The third-order valence-corrected chi connectivity index (χ3v) is 4.59. The van der Waals surface area contributed by atoms with E-state index in [1.54, 1.807) is 7.11 Å². The molecule has 2 rings (SSSR count). The maximum absolute atomic E-state index is 12.3. The molecule has 1 aliphatic heterocycles. The molecule has 0 spiro atoms. The zero-order chi connectivity index (χ0) is 12.5. The first-order valence-corrected chi connectivity index (χ1v) is 6.99. The maximum atomic E-state index is 12.3. The number of carbonyl (C=O) groups is 1. The van der Waals surface area contributed by atoms with Gasteiger partial charge in [-0.15, -0.1) is 24.0 Å². The van der Waals surface area contributed by atoms with Crippen LogP contribution in [-0.2, 0) is 4.74 Å². The van der Waals surface area contributed by atoms with Crippen LogP contribution in [-0.4, -0.2) is 36.6 Å². The van der Waals surface area contributed by atoms with E-state index in [-0.39, 0.29) is 11.5 Å². The highest BCUT2D eigenvalue weighted by Crippen LogP contribution is 2.26. The average Bonchev–Trinajstić information content (AvgIpc) is 2.75. The number of carbonyl (C=O) groups excluding carboxylic acids is 1. The summed E-state index contributed by atoms with van der Waals surface area (Å²) in [6.45, 7) is 3.55. The maximum Gasteiger partial charge on any atom is 0.264 e. The fraction of sp³-hybridized carbons (Fsp3) is 0.583. The molecule has 1 saturated heterocycles. The number of thiophene rings is 1. The number of piperidine rings is 1. The monoisotopic (exact) mass is 271 g/mol. The number of nitrogens with zero attached hydrogens (tertiary/aromatic N) is 1. The van der Waals surface area contributed by atoms with Gasteiger partial charge in [0.05, 0.1) is 10.5 Å². The molecule has 1 aromatic heterocycles. The molecule has 5 heteroatoms. The van der Waals surface area contributed by atoms with Crippen LogP contribution < -0.4 is 0 Å². The molecule has 94 valence electrons. The van der Waals surface area contributed by atoms with Crippen LogP contribution >= 0.6 is 24.0 Å². The number of hydrogen-bond acceptors (Lipinski definition) is 4. The van der Waals surface area contributed by atoms with Gasteiger partial charge in [-0.25, -0.2) is 0 Å². The summed E-state index contributed by atoms with van der Waals surface area (Å²) in [4.78, 5) is 15.8. The zero-order valence-corrected chi connectivity index (χ0v) is 11.8. The van der Waals surface area contributed by atoms with Crippen molar-refractivity contribution in [2.75, 3.05) is 20.2 Å². The lowest BCUT2D eigenvalue weighted by Crippen LogP contribution is -2.49. The van der Waals surface area contributed by atoms with Gasteiger partial charge in [-0.1, -0.05) is 0 Å². The van der Waals surface area contributed by atoms with E-state index in [9.17, 15) is 4.79 Å². The summed E-state index contributed by atoms with van der Waals surface area (Å²) < 4.78 is 5.49. The summed E-state index contributed by atoms with van der Waals surface area (Å²) in [5.41, 5.74) is -0.199. The van der Waals surface area contributed by atoms with Crippen LogP contribution in [0.1, 0.15) is 29.4 Å². The molecule has 3 nitrogen and oxygen atoms in total. The Labute approximate surface area is 111 Å². The Morgan fingerprint density at radius 1 is 1.65 bits per heavy atom. The fourth-order valence-electron chi connectivity index (χ4n) is 2.14. The third-order valence-electron chi connectivity index (χ3n) is 3.24. The number of methoxy groups -OCH3 is 1. The van der Waals surface area contributed by atoms with E-state index in [1.807, 2.05) is 16.3 Å². The predicted octanol–water partition coefficient (Wildman–Crippen LogP) is 2.68. The van der Waals surface area contributed by atoms with Crippen molar-refractivity contribution >= 4 is 29.9 Å². The van der Waals surface area contributed by atoms with Crippen LogP contribution in [0.2, 0.25) is 0 Å². The van der Waals surface area contributed by atoms with E-state index in [2.05, 4.69) is 19.6 Å². The first kappa shape index (κ1) is 12.9. The molecular weight excluding hydrogens is 254 g/mol. The van der Waals surface area contributed by atoms with Crippen molar-refractivity contribution < 1.29 is 9.53 Å². The molecule has 0 saturated carbocycles. The first-order chi connectivity index (χ1) is 8.04. The lowest BCUT2D eigenvalue weighted by molar-refractivity contribution is -0.0439. The quantitative estimate of drug-likeness (QED) is 0.838. The molecule has 0 radical (unpaired) electrons. The number of hydrogen-bond donors (Lipinski definition) is 1. The van der Waals surface area contributed by atoms with Crippen LogP contribution in [0, 0.1) is 0 Å². The van der Waals surface area contributed by atoms with Gasteiger partial charge in [0.2, 0.25) is 0 Å². The van der Waals surface area contributed by atoms with Gasteiger partial charge in [0, 0.05) is 30.5 Å². The Morgan fingerprint density at radius 3 is 3.00 bits per heavy atom. The van der Waals surface area contributed by atoms with Crippen molar-refractivity contribution in [1.82, 2.24) is 4.90 Å². The fourth-order valence-corrected chi connectivity index (χ4v) is 3.26. The number of ether oxygens (including phenoxy) is 1. The largest absolute Gasteiger partial charge is 0.377 e. The average molecular weight is 271 g/mol. The second kappa shape index (κ2) is 5.00. The minimum Gasteiger partial charge on any atom is -0.377 e. The molecule has 0 aliphatic carbocycles. The summed E-state index contributed by atoms with van der Waals surface area (Å²) in [6, 6.07) is 1.83. The summed E-state index contributed by atoms with van der Waals surface area (Å²) in [5.74, 6) is 0.0956. The van der Waals surface area contributed by atoms with Crippen LogP contribution in [0.4, 0.5) is 0 Å². The normalized spacial score (nSPS) is 25.0. The second-order valence-corrected chi connectivity index (χ2v) is 6.08. The Kier molecular flexibility index (Phi) is 3.80. The Hall–Kier alpha value is -0.520. The van der Waals surface area contributed by atoms with E-state index in [0.717, 1.165) is 29.2 Å². The van der Waals surface area contributed by atoms with Gasteiger partial charge in [-0.05, 0) is 25.8 Å². The lowest BCUT2D eigenvalue weighted by Gasteiger charge is -2.39. The van der Waals surface area contributed by atoms with Gasteiger partial charge in [0.15, 0.2) is 0 Å². The van der Waals surface area contributed by atoms with Gasteiger partial charge < -0.3 is 9.64 Å². The predicted molar refractivity (Wildman–Crippen MR) is 72.1 cm³/mol. The second-order valence-electron chi connectivity index (χ2n) is 4.65. The molecular formula is C12H17NO2S2. The molecule has 0 aromatic carbocycles. The van der Waals surface area contributed by atoms with Crippen molar-refractivity contribution in [2.45, 2.75) is 30.3 Å². The lowest BCUT2D eigenvalue weighted by atomic mass is 9.94. The molecule has 0 N–H and O–H groups in total. The first-order valence-electron chi connectivity index (χ1n) is 5.66. The third kappa shape index (κ3) is 2.84. The highest BCUT2D eigenvalue weighted by atomic mass is 32.1. The number of likely N-dealkylation sites (tertiary alicyclic amines) is 1. The highest BCUT2D eigenvalue weighted by molar-refractivity contribution is 7.80. The smallest absolute Gasteiger partial charge is 0.264 e. The SMILES string of the molecule is COC1(C)CCCN(C(=O)c2cc(S)cs2)C1. The Balaban J connectivity index is 2.10. The summed E-state index contributed by atoms with van der Waals surface area (Å²) >= 11 is 5.68. The molecule has 1 unspecified atom stereocenters. The molecule has 17 heavy (non-hydrogen) atoms. The summed E-state index contributed by atoms with van der Waals surface area (Å²) in [7, 11) is 1.71. The van der Waals surface area contributed by atoms with Gasteiger partial charge in [-0.3, -0.25) is 4.79 Å². The standard InChI is InChI=1S/C12H17NO2S2/c1-12(15-2)4-3-5-13(8-12)11(14)10-6-9(16)7-17-10/h6-7,16H,3-5,8H2,1-2H3. The molecule has 1 atom stereocenters. The van der Waals surface area contributed by atoms with E-state index in [4.69, 9.17) is 4.74 Å². The van der Waals surface area contributed by atoms with Crippen molar-refractivity contribution in [3.05, 3.63) is 16.3 Å². The van der Waals surface area contributed by atoms with E-state index >= 15 is 0 Å². The van der Waals surface area contributed by atoms with Gasteiger partial charge in [0.1, 0.15) is 0 Å². The topological polar surface area (TPSA) is 29.5 Å². The molecule has 1 fully saturated rings. The van der Waals surface area contributed by atoms with Crippen molar-refractivity contribution in [2.24, 2.45) is 0 Å². The van der Waals surface area contributed by atoms with Crippen LogP contribution in [0.15, 0.2) is 16.3 Å². The molecule has 1 amide bonds. The van der Waals surface area contributed by atoms with Crippen LogP contribution in [0.25, 0.3) is 0 Å².